The van der Waals surface area contributed by atoms with Crippen LogP contribution < -0.4 is 0 Å². The van der Waals surface area contributed by atoms with Crippen LogP contribution in [0.1, 0.15) is 5.69 Å². The lowest BCUT2D eigenvalue weighted by Crippen LogP contribution is -1.95. The van der Waals surface area contributed by atoms with Crippen molar-refractivity contribution >= 4 is 27.5 Å². The highest BCUT2D eigenvalue weighted by Crippen LogP contribution is 2.19. The predicted octanol–water partition coefficient (Wildman–Crippen LogP) is 2.77. The molecule has 3 nitrogen and oxygen atoms in total. The maximum absolute atomic E-state index is 5.64. The monoisotopic (exact) mass is 271 g/mol. The van der Waals surface area contributed by atoms with Gasteiger partial charge in [0, 0.05) is 4.47 Å². The summed E-state index contributed by atoms with van der Waals surface area (Å²) in [4.78, 5) is 0. The Bertz CT molecular complexity index is 441. The van der Waals surface area contributed by atoms with Crippen LogP contribution >= 0.6 is 27.5 Å². The molecule has 72 valence electrons. The van der Waals surface area contributed by atoms with Gasteiger partial charge in [-0.2, -0.15) is 0 Å². The van der Waals surface area contributed by atoms with E-state index in [1.165, 1.54) is 0 Å². The van der Waals surface area contributed by atoms with E-state index in [2.05, 4.69) is 26.2 Å². The van der Waals surface area contributed by atoms with E-state index in [1.807, 2.05) is 30.5 Å². The zero-order valence-corrected chi connectivity index (χ0v) is 9.53. The lowest BCUT2D eigenvalue weighted by atomic mass is 10.3. The van der Waals surface area contributed by atoms with Gasteiger partial charge in [-0.05, 0) is 28.1 Å². The zero-order chi connectivity index (χ0) is 9.97. The maximum atomic E-state index is 5.64. The Kier molecular flexibility index (Phi) is 2.84. The molecule has 0 saturated carbocycles. The van der Waals surface area contributed by atoms with Crippen LogP contribution in [-0.2, 0) is 5.88 Å². The Labute approximate surface area is 94.8 Å². The minimum absolute atomic E-state index is 0.379. The van der Waals surface area contributed by atoms with Crippen molar-refractivity contribution in [3.8, 4) is 5.69 Å². The van der Waals surface area contributed by atoms with Crippen molar-refractivity contribution in [2.45, 2.75) is 5.88 Å². The molecule has 0 spiro atoms. The van der Waals surface area contributed by atoms with E-state index in [4.69, 9.17) is 11.6 Å². The van der Waals surface area contributed by atoms with Crippen molar-refractivity contribution in [3.63, 3.8) is 0 Å². The number of benzene rings is 1. The Hall–Kier alpha value is -0.870. The number of hydrogen-bond donors (Lipinski definition) is 0. The van der Waals surface area contributed by atoms with Gasteiger partial charge in [0.15, 0.2) is 0 Å². The second-order valence-corrected chi connectivity index (χ2v) is 3.86. The van der Waals surface area contributed by atoms with Gasteiger partial charge in [0.25, 0.3) is 0 Å². The van der Waals surface area contributed by atoms with E-state index in [9.17, 15) is 0 Å². The van der Waals surface area contributed by atoms with Crippen molar-refractivity contribution in [2.24, 2.45) is 0 Å². The molecule has 1 heterocycles. The van der Waals surface area contributed by atoms with Crippen LogP contribution in [0.5, 0.6) is 0 Å². The summed E-state index contributed by atoms with van der Waals surface area (Å²) in [5.41, 5.74) is 1.72. The third kappa shape index (κ3) is 1.81. The third-order valence-corrected chi connectivity index (χ3v) is 2.72. The van der Waals surface area contributed by atoms with Crippen molar-refractivity contribution in [1.82, 2.24) is 15.0 Å². The van der Waals surface area contributed by atoms with Crippen LogP contribution in [0.2, 0.25) is 0 Å². The Morgan fingerprint density at radius 1 is 1.36 bits per heavy atom. The van der Waals surface area contributed by atoms with E-state index in [-0.39, 0.29) is 0 Å². The molecule has 14 heavy (non-hydrogen) atoms. The van der Waals surface area contributed by atoms with Gasteiger partial charge in [0.1, 0.15) is 0 Å². The molecule has 0 N–H and O–H groups in total. The molecule has 2 aromatic rings. The summed E-state index contributed by atoms with van der Waals surface area (Å²) >= 11 is 9.08. The highest BCUT2D eigenvalue weighted by molar-refractivity contribution is 9.10. The summed E-state index contributed by atoms with van der Waals surface area (Å²) in [5, 5.41) is 7.88. The van der Waals surface area contributed by atoms with E-state index >= 15 is 0 Å². The second kappa shape index (κ2) is 4.11. The summed E-state index contributed by atoms with van der Waals surface area (Å²) in [5.74, 6) is 0.379. The molecule has 2 rings (SSSR count). The number of rotatable bonds is 2. The molecular weight excluding hydrogens is 265 g/mol. The van der Waals surface area contributed by atoms with Crippen molar-refractivity contribution < 1.29 is 0 Å². The first-order valence-electron chi connectivity index (χ1n) is 4.03. The number of hydrogen-bond acceptors (Lipinski definition) is 2. The van der Waals surface area contributed by atoms with Gasteiger partial charge < -0.3 is 0 Å². The van der Waals surface area contributed by atoms with Gasteiger partial charge in [-0.15, -0.1) is 16.7 Å². The quantitative estimate of drug-likeness (QED) is 0.787. The minimum atomic E-state index is 0.379. The normalized spacial score (nSPS) is 10.4. The van der Waals surface area contributed by atoms with Gasteiger partial charge in [0.05, 0.1) is 23.5 Å². The molecule has 0 unspecified atom stereocenters. The SMILES string of the molecule is ClCc1cn(-c2ccccc2Br)nn1. The molecule has 0 aliphatic heterocycles. The van der Waals surface area contributed by atoms with Gasteiger partial charge in [-0.25, -0.2) is 4.68 Å². The standard InChI is InChI=1S/C9H7BrClN3/c10-8-3-1-2-4-9(8)14-6-7(5-11)12-13-14/h1-4,6H,5H2. The van der Waals surface area contributed by atoms with Crippen LogP contribution in [0.4, 0.5) is 0 Å². The molecule has 0 aliphatic carbocycles. The smallest absolute Gasteiger partial charge is 0.0979 e. The first kappa shape index (κ1) is 9.68. The van der Waals surface area contributed by atoms with Crippen LogP contribution in [-0.4, -0.2) is 15.0 Å². The Balaban J connectivity index is 2.44. The number of nitrogens with zero attached hydrogens (tertiary/aromatic N) is 3. The Morgan fingerprint density at radius 2 is 2.14 bits per heavy atom. The third-order valence-electron chi connectivity index (χ3n) is 1.78. The molecule has 0 saturated heterocycles. The van der Waals surface area contributed by atoms with Crippen molar-refractivity contribution in [2.75, 3.05) is 0 Å². The predicted molar refractivity (Wildman–Crippen MR) is 58.6 cm³/mol. The van der Waals surface area contributed by atoms with Crippen LogP contribution in [0.15, 0.2) is 34.9 Å². The average Bonchev–Trinajstić information content (AvgIpc) is 2.67. The summed E-state index contributed by atoms with van der Waals surface area (Å²) in [6.07, 6.45) is 1.81. The molecule has 1 aromatic carbocycles. The van der Waals surface area contributed by atoms with Gasteiger partial charge in [-0.3, -0.25) is 0 Å². The second-order valence-electron chi connectivity index (χ2n) is 2.74. The van der Waals surface area contributed by atoms with Gasteiger partial charge in [-0.1, -0.05) is 17.3 Å². The number of para-hydroxylation sites is 1. The topological polar surface area (TPSA) is 30.7 Å². The van der Waals surface area contributed by atoms with E-state index in [0.29, 0.717) is 5.88 Å². The van der Waals surface area contributed by atoms with Crippen LogP contribution in [0, 0.1) is 0 Å². The molecule has 1 aromatic heterocycles. The summed E-state index contributed by atoms with van der Waals surface area (Å²) in [7, 11) is 0. The van der Waals surface area contributed by atoms with Crippen LogP contribution in [0.3, 0.4) is 0 Å². The molecule has 0 amide bonds. The Morgan fingerprint density at radius 3 is 2.79 bits per heavy atom. The van der Waals surface area contributed by atoms with Gasteiger partial charge >= 0.3 is 0 Å². The average molecular weight is 273 g/mol. The summed E-state index contributed by atoms with van der Waals surface area (Å²) < 4.78 is 2.67. The lowest BCUT2D eigenvalue weighted by molar-refractivity contribution is 0.797. The van der Waals surface area contributed by atoms with Crippen LogP contribution in [0.25, 0.3) is 5.69 Å². The van der Waals surface area contributed by atoms with Gasteiger partial charge in [0.2, 0.25) is 0 Å². The highest BCUT2D eigenvalue weighted by Gasteiger charge is 2.04. The minimum Gasteiger partial charge on any atom is -0.219 e. The van der Waals surface area contributed by atoms with E-state index in [1.54, 1.807) is 4.68 Å². The number of alkyl halides is 1. The highest BCUT2D eigenvalue weighted by atomic mass is 79.9. The lowest BCUT2D eigenvalue weighted by Gasteiger charge is -2.01. The fourth-order valence-electron chi connectivity index (χ4n) is 1.11. The van der Waals surface area contributed by atoms with E-state index < -0.39 is 0 Å². The fraction of sp³-hybridized carbons (Fsp3) is 0.111. The summed E-state index contributed by atoms with van der Waals surface area (Å²) in [6.45, 7) is 0. The molecule has 5 heteroatoms. The van der Waals surface area contributed by atoms with Crippen molar-refractivity contribution in [3.05, 3.63) is 40.6 Å². The maximum Gasteiger partial charge on any atom is 0.0979 e. The molecule has 0 fully saturated rings. The molecule has 0 atom stereocenters. The molecule has 0 bridgehead atoms. The fourth-order valence-corrected chi connectivity index (χ4v) is 1.70. The number of aromatic nitrogens is 3. The molecular formula is C9H7BrClN3. The summed E-state index contributed by atoms with van der Waals surface area (Å²) in [6, 6.07) is 7.81. The number of halogens is 2. The largest absolute Gasteiger partial charge is 0.219 e. The first-order valence-corrected chi connectivity index (χ1v) is 5.36. The molecule has 0 radical (unpaired) electrons. The van der Waals surface area contributed by atoms with E-state index in [0.717, 1.165) is 15.9 Å². The molecule has 0 aliphatic rings. The zero-order valence-electron chi connectivity index (χ0n) is 7.19. The van der Waals surface area contributed by atoms with Crippen molar-refractivity contribution in [1.29, 1.82) is 0 Å². The first-order chi connectivity index (χ1) is 6.81.